The summed E-state index contributed by atoms with van der Waals surface area (Å²) in [6, 6.07) is 5.55. The minimum absolute atomic E-state index is 0.244. The molecular weight excluding hydrogens is 304 g/mol. The summed E-state index contributed by atoms with van der Waals surface area (Å²) in [5, 5.41) is 18.1. The van der Waals surface area contributed by atoms with E-state index in [1.165, 1.54) is 0 Å². The minimum atomic E-state index is -0.244. The quantitative estimate of drug-likeness (QED) is 0.508. The van der Waals surface area contributed by atoms with Gasteiger partial charge in [0, 0.05) is 16.5 Å². The van der Waals surface area contributed by atoms with Crippen LogP contribution < -0.4 is 5.73 Å². The molecular formula is C15H17BrN2O. The van der Waals surface area contributed by atoms with Crippen LogP contribution in [0.25, 0.3) is 0 Å². The number of nitrogens with zero attached hydrogens (tertiary/aromatic N) is 1. The second-order valence-corrected chi connectivity index (χ2v) is 5.34. The first-order valence-corrected chi connectivity index (χ1v) is 7.00. The highest BCUT2D eigenvalue weighted by Gasteiger charge is 2.04. The highest BCUT2D eigenvalue weighted by Crippen LogP contribution is 2.22. The number of anilines is 1. The number of rotatable bonds is 4. The van der Waals surface area contributed by atoms with Crippen LogP contribution in [0.15, 0.2) is 16.6 Å². The molecule has 3 N–H and O–H groups in total. The fourth-order valence-electron chi connectivity index (χ4n) is 1.62. The van der Waals surface area contributed by atoms with E-state index in [1.807, 2.05) is 12.1 Å². The zero-order chi connectivity index (χ0) is 14.3. The third-order valence-corrected chi connectivity index (χ3v) is 3.12. The lowest BCUT2D eigenvalue weighted by Gasteiger charge is -2.02. The molecule has 0 bridgehead atoms. The van der Waals surface area contributed by atoms with Crippen molar-refractivity contribution >= 4 is 21.6 Å². The molecule has 100 valence electrons. The van der Waals surface area contributed by atoms with Gasteiger partial charge in [-0.2, -0.15) is 5.26 Å². The maximum absolute atomic E-state index is 9.12. The van der Waals surface area contributed by atoms with Crippen LogP contribution in [-0.2, 0) is 0 Å². The molecule has 1 unspecified atom stereocenters. The number of hydrogen-bond acceptors (Lipinski definition) is 3. The maximum atomic E-state index is 9.12. The number of unbranched alkanes of at least 4 members (excludes halogenated alkanes) is 2. The fourth-order valence-corrected chi connectivity index (χ4v) is 2.08. The lowest BCUT2D eigenvalue weighted by Crippen LogP contribution is -1.97. The molecule has 0 saturated carbocycles. The van der Waals surface area contributed by atoms with Crippen molar-refractivity contribution in [2.24, 2.45) is 0 Å². The molecule has 1 aromatic carbocycles. The van der Waals surface area contributed by atoms with Crippen molar-refractivity contribution in [3.05, 3.63) is 27.7 Å². The van der Waals surface area contributed by atoms with E-state index in [0.717, 1.165) is 30.2 Å². The van der Waals surface area contributed by atoms with Gasteiger partial charge in [-0.15, -0.1) is 0 Å². The number of aliphatic hydroxyl groups is 1. The molecule has 19 heavy (non-hydrogen) atoms. The first kappa shape index (κ1) is 15.6. The minimum Gasteiger partial charge on any atom is -0.397 e. The van der Waals surface area contributed by atoms with Gasteiger partial charge in [0.25, 0.3) is 0 Å². The van der Waals surface area contributed by atoms with E-state index in [-0.39, 0.29) is 6.10 Å². The zero-order valence-electron chi connectivity index (χ0n) is 10.9. The van der Waals surface area contributed by atoms with Gasteiger partial charge in [0.1, 0.15) is 6.07 Å². The van der Waals surface area contributed by atoms with Crippen LogP contribution in [0.4, 0.5) is 5.69 Å². The molecule has 0 spiro atoms. The molecule has 0 radical (unpaired) electrons. The fraction of sp³-hybridized carbons (Fsp3) is 0.400. The second-order valence-electron chi connectivity index (χ2n) is 4.42. The number of nitrogen functional groups attached to an aromatic ring is 1. The molecule has 1 atom stereocenters. The molecule has 0 heterocycles. The predicted molar refractivity (Wildman–Crippen MR) is 80.3 cm³/mol. The smallest absolute Gasteiger partial charge is 0.101 e. The highest BCUT2D eigenvalue weighted by molar-refractivity contribution is 9.10. The largest absolute Gasteiger partial charge is 0.397 e. The standard InChI is InChI=1S/C15H17BrN2O/c1-11(19)6-4-2-3-5-7-12-8-14(16)9-13(10-17)15(12)18/h8-9,11,19H,2-4,6,18H2,1H3. The number of hydrogen-bond donors (Lipinski definition) is 2. The van der Waals surface area contributed by atoms with E-state index < -0.39 is 0 Å². The summed E-state index contributed by atoms with van der Waals surface area (Å²) in [7, 11) is 0. The van der Waals surface area contributed by atoms with Crippen molar-refractivity contribution in [3.63, 3.8) is 0 Å². The number of nitriles is 1. The Morgan fingerprint density at radius 1 is 1.37 bits per heavy atom. The molecule has 1 aromatic rings. The zero-order valence-corrected chi connectivity index (χ0v) is 12.5. The van der Waals surface area contributed by atoms with Crippen LogP contribution in [0.5, 0.6) is 0 Å². The summed E-state index contributed by atoms with van der Waals surface area (Å²) < 4.78 is 0.802. The maximum Gasteiger partial charge on any atom is 0.101 e. The van der Waals surface area contributed by atoms with Crippen molar-refractivity contribution in [1.29, 1.82) is 5.26 Å². The van der Waals surface area contributed by atoms with E-state index in [9.17, 15) is 0 Å². The van der Waals surface area contributed by atoms with Crippen molar-refractivity contribution in [2.45, 2.75) is 38.7 Å². The molecule has 0 fully saturated rings. The normalized spacial score (nSPS) is 11.3. The number of halogens is 1. The summed E-state index contributed by atoms with van der Waals surface area (Å²) in [5.74, 6) is 6.05. The number of nitrogens with two attached hydrogens (primary N) is 1. The Morgan fingerprint density at radius 3 is 2.68 bits per heavy atom. The molecule has 4 heteroatoms. The van der Waals surface area contributed by atoms with Crippen molar-refractivity contribution in [3.8, 4) is 17.9 Å². The molecule has 0 aliphatic heterocycles. The summed E-state index contributed by atoms with van der Waals surface area (Å²) in [4.78, 5) is 0. The first-order valence-electron chi connectivity index (χ1n) is 6.20. The molecule has 3 nitrogen and oxygen atoms in total. The van der Waals surface area contributed by atoms with Gasteiger partial charge in [0.05, 0.1) is 17.4 Å². The van der Waals surface area contributed by atoms with Gasteiger partial charge in [-0.3, -0.25) is 0 Å². The average Bonchev–Trinajstić information content (AvgIpc) is 2.36. The van der Waals surface area contributed by atoms with Gasteiger partial charge in [0.15, 0.2) is 0 Å². The van der Waals surface area contributed by atoms with E-state index in [0.29, 0.717) is 16.8 Å². The Kier molecular flexibility index (Phi) is 6.42. The van der Waals surface area contributed by atoms with Crippen LogP contribution in [-0.4, -0.2) is 11.2 Å². The van der Waals surface area contributed by atoms with Gasteiger partial charge in [-0.25, -0.2) is 0 Å². The van der Waals surface area contributed by atoms with Crippen LogP contribution in [0, 0.1) is 23.2 Å². The van der Waals surface area contributed by atoms with Crippen molar-refractivity contribution in [2.75, 3.05) is 5.73 Å². The first-order chi connectivity index (χ1) is 9.04. The highest BCUT2D eigenvalue weighted by atomic mass is 79.9. The summed E-state index contributed by atoms with van der Waals surface area (Å²) in [5.41, 5.74) is 7.42. The molecule has 0 amide bonds. The van der Waals surface area contributed by atoms with E-state index in [1.54, 1.807) is 13.0 Å². The Morgan fingerprint density at radius 2 is 2.05 bits per heavy atom. The van der Waals surface area contributed by atoms with Gasteiger partial charge in [-0.05, 0) is 38.3 Å². The predicted octanol–water partition coefficient (Wildman–Crippen LogP) is 3.20. The van der Waals surface area contributed by atoms with Gasteiger partial charge in [-0.1, -0.05) is 27.8 Å². The third-order valence-electron chi connectivity index (χ3n) is 2.66. The average molecular weight is 321 g/mol. The molecule has 0 saturated heterocycles. The van der Waals surface area contributed by atoms with Crippen LogP contribution >= 0.6 is 15.9 Å². The summed E-state index contributed by atoms with van der Waals surface area (Å²) >= 11 is 3.34. The number of benzene rings is 1. The molecule has 0 aromatic heterocycles. The van der Waals surface area contributed by atoms with Crippen LogP contribution in [0.3, 0.4) is 0 Å². The van der Waals surface area contributed by atoms with E-state index in [2.05, 4.69) is 27.8 Å². The topological polar surface area (TPSA) is 70.0 Å². The van der Waals surface area contributed by atoms with E-state index >= 15 is 0 Å². The Hall–Kier alpha value is -1.49. The van der Waals surface area contributed by atoms with Crippen molar-refractivity contribution < 1.29 is 5.11 Å². The van der Waals surface area contributed by atoms with Gasteiger partial charge < -0.3 is 10.8 Å². The van der Waals surface area contributed by atoms with E-state index in [4.69, 9.17) is 16.1 Å². The molecule has 0 aliphatic carbocycles. The van der Waals surface area contributed by atoms with Crippen LogP contribution in [0.1, 0.15) is 43.7 Å². The lowest BCUT2D eigenvalue weighted by molar-refractivity contribution is 0.181. The summed E-state index contributed by atoms with van der Waals surface area (Å²) in [6.45, 7) is 1.79. The second kappa shape index (κ2) is 7.84. The Labute approximate surface area is 122 Å². The van der Waals surface area contributed by atoms with Gasteiger partial charge >= 0.3 is 0 Å². The number of aliphatic hydroxyl groups excluding tert-OH is 1. The molecule has 1 rings (SSSR count). The Balaban J connectivity index is 2.63. The summed E-state index contributed by atoms with van der Waals surface area (Å²) in [6.07, 6.45) is 3.24. The van der Waals surface area contributed by atoms with Crippen LogP contribution in [0.2, 0.25) is 0 Å². The van der Waals surface area contributed by atoms with Gasteiger partial charge in [0.2, 0.25) is 0 Å². The Bertz CT molecular complexity index is 536. The monoisotopic (exact) mass is 320 g/mol. The third kappa shape index (κ3) is 5.34. The molecule has 0 aliphatic rings. The van der Waals surface area contributed by atoms with Crippen molar-refractivity contribution in [1.82, 2.24) is 0 Å². The SMILES string of the molecule is CC(O)CCCCC#Cc1cc(Br)cc(C#N)c1N. The lowest BCUT2D eigenvalue weighted by atomic mass is 10.1.